The first-order valence-corrected chi connectivity index (χ1v) is 13.9. The van der Waals surface area contributed by atoms with Crippen molar-refractivity contribution in [3.05, 3.63) is 87.6 Å². The molecule has 2 aliphatic heterocycles. The molecule has 2 aromatic carbocycles. The highest BCUT2D eigenvalue weighted by Crippen LogP contribution is 2.35. The number of halogens is 2. The fraction of sp³-hybridized carbons (Fsp3) is 0.433. The first kappa shape index (κ1) is 26.6. The summed E-state index contributed by atoms with van der Waals surface area (Å²) in [5, 5.41) is 0. The van der Waals surface area contributed by atoms with Gasteiger partial charge in [0.1, 0.15) is 28.6 Å². The van der Waals surface area contributed by atoms with E-state index in [9.17, 15) is 13.6 Å². The number of nitrogens with one attached hydrogen (secondary N) is 1. The molecule has 0 amide bonds. The highest BCUT2D eigenvalue weighted by atomic mass is 19.1. The maximum Gasteiger partial charge on any atom is 0.348 e. The van der Waals surface area contributed by atoms with Crippen molar-refractivity contribution in [2.45, 2.75) is 64.4 Å². The van der Waals surface area contributed by atoms with Gasteiger partial charge in [-0.1, -0.05) is 24.3 Å². The number of hydrogen-bond acceptors (Lipinski definition) is 6. The molecule has 40 heavy (non-hydrogen) atoms. The highest BCUT2D eigenvalue weighted by molar-refractivity contribution is 5.84. The second-order valence-corrected chi connectivity index (χ2v) is 11.0. The summed E-state index contributed by atoms with van der Waals surface area (Å²) in [6.07, 6.45) is 2.13. The zero-order chi connectivity index (χ0) is 28.0. The molecule has 10 heteroatoms. The molecule has 0 unspecified atom stereocenters. The van der Waals surface area contributed by atoms with Gasteiger partial charge in [-0.25, -0.2) is 18.6 Å². The number of nitrogens with zero attached hydrogens (tertiary/aromatic N) is 5. The van der Waals surface area contributed by atoms with Gasteiger partial charge in [-0.2, -0.15) is 4.98 Å². The summed E-state index contributed by atoms with van der Waals surface area (Å²) in [4.78, 5) is 29.5. The molecular formula is C30H34F2N6O2. The van der Waals surface area contributed by atoms with Crippen molar-refractivity contribution in [1.82, 2.24) is 24.4 Å². The Morgan fingerprint density at radius 2 is 1.62 bits per heavy atom. The number of H-pyrrole nitrogens is 1. The molecule has 3 atom stereocenters. The van der Waals surface area contributed by atoms with E-state index in [4.69, 9.17) is 9.72 Å². The van der Waals surface area contributed by atoms with E-state index in [1.54, 1.807) is 24.3 Å². The second-order valence-electron chi connectivity index (χ2n) is 11.0. The summed E-state index contributed by atoms with van der Waals surface area (Å²) in [5.41, 5.74) is 2.80. The molecule has 2 aromatic heterocycles. The van der Waals surface area contributed by atoms with Gasteiger partial charge in [-0.05, 0) is 69.0 Å². The van der Waals surface area contributed by atoms with Gasteiger partial charge < -0.3 is 14.2 Å². The maximum atomic E-state index is 13.8. The van der Waals surface area contributed by atoms with Crippen LogP contribution in [0.1, 0.15) is 49.7 Å². The van der Waals surface area contributed by atoms with Crippen molar-refractivity contribution < 1.29 is 13.5 Å². The lowest BCUT2D eigenvalue weighted by atomic mass is 9.93. The first-order valence-electron chi connectivity index (χ1n) is 13.9. The maximum absolute atomic E-state index is 13.8. The van der Waals surface area contributed by atoms with Gasteiger partial charge in [0.05, 0.1) is 18.7 Å². The third-order valence-corrected chi connectivity index (χ3v) is 8.22. The number of aromatic amines is 1. The molecule has 0 radical (unpaired) electrons. The largest absolute Gasteiger partial charge is 0.376 e. The van der Waals surface area contributed by atoms with Crippen LogP contribution in [0, 0.1) is 18.6 Å². The van der Waals surface area contributed by atoms with Crippen LogP contribution in [-0.2, 0) is 11.3 Å². The summed E-state index contributed by atoms with van der Waals surface area (Å²) in [7, 11) is 0. The van der Waals surface area contributed by atoms with E-state index in [0.717, 1.165) is 36.4 Å². The molecule has 0 saturated carbocycles. The summed E-state index contributed by atoms with van der Waals surface area (Å²) in [5.74, 6) is 0.785. The average molecular weight is 549 g/mol. The van der Waals surface area contributed by atoms with Gasteiger partial charge >= 0.3 is 5.69 Å². The van der Waals surface area contributed by atoms with Crippen LogP contribution in [0.25, 0.3) is 11.2 Å². The quantitative estimate of drug-likeness (QED) is 0.380. The number of ether oxygens (including phenoxy) is 1. The van der Waals surface area contributed by atoms with Crippen LogP contribution in [-0.4, -0.2) is 62.3 Å². The van der Waals surface area contributed by atoms with Gasteiger partial charge in [-0.15, -0.1) is 0 Å². The van der Waals surface area contributed by atoms with Crippen molar-refractivity contribution >= 4 is 17.0 Å². The van der Waals surface area contributed by atoms with Crippen LogP contribution >= 0.6 is 0 Å². The molecule has 2 fully saturated rings. The van der Waals surface area contributed by atoms with Crippen molar-refractivity contribution in [2.24, 2.45) is 0 Å². The Morgan fingerprint density at radius 1 is 0.975 bits per heavy atom. The van der Waals surface area contributed by atoms with E-state index < -0.39 is 5.69 Å². The fourth-order valence-corrected chi connectivity index (χ4v) is 6.22. The molecule has 0 spiro atoms. The van der Waals surface area contributed by atoms with E-state index in [1.807, 2.05) is 11.5 Å². The zero-order valence-corrected chi connectivity index (χ0v) is 23.0. The smallest absolute Gasteiger partial charge is 0.348 e. The lowest BCUT2D eigenvalue weighted by molar-refractivity contribution is 0.0973. The molecule has 2 aliphatic rings. The van der Waals surface area contributed by atoms with Gasteiger partial charge in [0.25, 0.3) is 0 Å². The molecule has 2 saturated heterocycles. The van der Waals surface area contributed by atoms with Crippen molar-refractivity contribution in [1.29, 1.82) is 0 Å². The monoisotopic (exact) mass is 548 g/mol. The van der Waals surface area contributed by atoms with Crippen molar-refractivity contribution in [2.75, 3.05) is 24.6 Å². The zero-order valence-electron chi connectivity index (χ0n) is 23.0. The summed E-state index contributed by atoms with van der Waals surface area (Å²) < 4.78 is 35.5. The summed E-state index contributed by atoms with van der Waals surface area (Å²) >= 11 is 0. The third-order valence-electron chi connectivity index (χ3n) is 8.22. The Labute approximate surface area is 231 Å². The summed E-state index contributed by atoms with van der Waals surface area (Å²) in [6.45, 7) is 8.82. The molecule has 210 valence electrons. The van der Waals surface area contributed by atoms with Crippen molar-refractivity contribution in [3.63, 3.8) is 0 Å². The molecule has 8 nitrogen and oxygen atoms in total. The van der Waals surface area contributed by atoms with Gasteiger partial charge in [0.15, 0.2) is 5.82 Å². The Morgan fingerprint density at radius 3 is 2.23 bits per heavy atom. The number of aromatic nitrogens is 4. The second kappa shape index (κ2) is 10.7. The normalized spacial score (nSPS) is 22.1. The van der Waals surface area contributed by atoms with Crippen LogP contribution in [0.15, 0.2) is 53.3 Å². The van der Waals surface area contributed by atoms with Crippen LogP contribution in [0.5, 0.6) is 0 Å². The van der Waals surface area contributed by atoms with E-state index >= 15 is 0 Å². The van der Waals surface area contributed by atoms with E-state index in [2.05, 4.69) is 33.6 Å². The SMILES string of the molecule is Cc1nc2c(N3C[C@@H](C)N(C(c4ccc(F)cc4)c4ccc(F)cc4)C[C@@H]3C)nc(=O)[nH]c2n1C[C@@H]1CCCO1. The topological polar surface area (TPSA) is 79.3 Å². The Kier molecular flexibility index (Phi) is 7.14. The highest BCUT2D eigenvalue weighted by Gasteiger charge is 2.37. The van der Waals surface area contributed by atoms with E-state index in [1.165, 1.54) is 24.3 Å². The number of aryl methyl sites for hydroxylation is 1. The summed E-state index contributed by atoms with van der Waals surface area (Å²) in [6, 6.07) is 12.8. The number of piperazine rings is 1. The fourth-order valence-electron chi connectivity index (χ4n) is 6.22. The van der Waals surface area contributed by atoms with Crippen LogP contribution in [0.2, 0.25) is 0 Å². The first-order chi connectivity index (χ1) is 19.3. The van der Waals surface area contributed by atoms with Gasteiger partial charge in [0, 0.05) is 31.8 Å². The lowest BCUT2D eigenvalue weighted by Gasteiger charge is -2.48. The predicted molar refractivity (Wildman–Crippen MR) is 149 cm³/mol. The minimum Gasteiger partial charge on any atom is -0.376 e. The third kappa shape index (κ3) is 5.01. The Bertz CT molecular complexity index is 1500. The molecule has 1 N–H and O–H groups in total. The molecule has 4 aromatic rings. The van der Waals surface area contributed by atoms with Crippen LogP contribution in [0.3, 0.4) is 0 Å². The molecule has 0 aliphatic carbocycles. The molecule has 0 bridgehead atoms. The number of fused-ring (bicyclic) bond motifs is 1. The molecular weight excluding hydrogens is 514 g/mol. The van der Waals surface area contributed by atoms with Gasteiger partial charge in [-0.3, -0.25) is 9.88 Å². The Balaban J connectivity index is 1.34. The number of hydrogen-bond donors (Lipinski definition) is 1. The minimum absolute atomic E-state index is 0.0132. The van der Waals surface area contributed by atoms with Crippen molar-refractivity contribution in [3.8, 4) is 0 Å². The van der Waals surface area contributed by atoms with Crippen LogP contribution < -0.4 is 10.6 Å². The Hall–Kier alpha value is -3.63. The van der Waals surface area contributed by atoms with E-state index in [-0.39, 0.29) is 35.9 Å². The molecule has 6 rings (SSSR count). The minimum atomic E-state index is -0.409. The number of anilines is 1. The van der Waals surface area contributed by atoms with Gasteiger partial charge in [0.2, 0.25) is 0 Å². The number of imidazole rings is 1. The van der Waals surface area contributed by atoms with Crippen LogP contribution in [0.4, 0.5) is 14.6 Å². The van der Waals surface area contributed by atoms with E-state index in [0.29, 0.717) is 36.6 Å². The number of rotatable bonds is 6. The number of benzene rings is 2. The standard InChI is InChI=1S/C30H34F2N6O2/c1-18-16-37(28-26-29(35-30(39)34-28)38(20(3)33-26)17-25-5-4-14-40-25)19(2)15-36(18)27(21-6-10-23(31)11-7-21)22-8-12-24(32)13-9-22/h6-13,18-19,25,27H,4-5,14-17H2,1-3H3,(H,34,35,39)/t18-,19+,25+/m1/s1. The lowest BCUT2D eigenvalue weighted by Crippen LogP contribution is -2.58. The molecule has 4 heterocycles. The predicted octanol–water partition coefficient (Wildman–Crippen LogP) is 4.57. The average Bonchev–Trinajstić information content (AvgIpc) is 3.56.